The number of esters is 1. The van der Waals surface area contributed by atoms with Gasteiger partial charge in [0, 0.05) is 23.9 Å². The summed E-state index contributed by atoms with van der Waals surface area (Å²) in [5.41, 5.74) is 0.220. The molecule has 4 nitrogen and oxygen atoms in total. The van der Waals surface area contributed by atoms with E-state index in [4.69, 9.17) is 9.84 Å². The third kappa shape index (κ3) is 3.05. The van der Waals surface area contributed by atoms with Gasteiger partial charge in [-0.3, -0.25) is 4.90 Å². The van der Waals surface area contributed by atoms with Gasteiger partial charge in [-0.15, -0.1) is 0 Å². The monoisotopic (exact) mass is 255 g/mol. The minimum absolute atomic E-state index is 0.0104. The van der Waals surface area contributed by atoms with Gasteiger partial charge >= 0.3 is 5.97 Å². The molecule has 0 radical (unpaired) electrons. The smallest absolute Gasteiger partial charge is 0.337 e. The minimum Gasteiger partial charge on any atom is -0.515 e. The highest BCUT2D eigenvalue weighted by atomic mass is 16.5. The van der Waals surface area contributed by atoms with Crippen molar-refractivity contribution in [3.8, 4) is 0 Å². The van der Waals surface area contributed by atoms with Gasteiger partial charge < -0.3 is 9.84 Å². The van der Waals surface area contributed by atoms with E-state index < -0.39 is 5.97 Å². The number of ether oxygens (including phenoxy) is 1. The molecule has 1 fully saturated rings. The van der Waals surface area contributed by atoms with Crippen LogP contribution < -0.4 is 0 Å². The van der Waals surface area contributed by atoms with Crippen LogP contribution in [0.15, 0.2) is 11.8 Å². The maximum atomic E-state index is 11.7. The first-order valence-electron chi connectivity index (χ1n) is 6.36. The maximum Gasteiger partial charge on any atom is 0.337 e. The molecule has 0 bridgehead atoms. The second kappa shape index (κ2) is 4.92. The highest BCUT2D eigenvalue weighted by Crippen LogP contribution is 2.38. The quantitative estimate of drug-likeness (QED) is 0.468. The Kier molecular flexibility index (Phi) is 4.11. The largest absolute Gasteiger partial charge is 0.515 e. The van der Waals surface area contributed by atoms with E-state index in [1.54, 1.807) is 6.92 Å². The van der Waals surface area contributed by atoms with E-state index in [1.165, 1.54) is 0 Å². The van der Waals surface area contributed by atoms with Gasteiger partial charge in [-0.05, 0) is 41.7 Å². The number of aliphatic hydroxyl groups is 1. The normalized spacial score (nSPS) is 24.9. The van der Waals surface area contributed by atoms with Gasteiger partial charge in [0.1, 0.15) is 6.10 Å². The Bertz CT molecular complexity index is 340. The fraction of sp³-hybridized carbons (Fsp3) is 0.786. The van der Waals surface area contributed by atoms with Crippen LogP contribution >= 0.6 is 0 Å². The Labute approximate surface area is 110 Å². The molecule has 1 heterocycles. The van der Waals surface area contributed by atoms with E-state index in [2.05, 4.69) is 39.6 Å². The van der Waals surface area contributed by atoms with Crippen molar-refractivity contribution in [1.82, 2.24) is 4.90 Å². The number of likely N-dealkylation sites (tertiary alicyclic amines) is 1. The number of hydrogen-bond acceptors (Lipinski definition) is 4. The Morgan fingerprint density at radius 2 is 1.72 bits per heavy atom. The van der Waals surface area contributed by atoms with Gasteiger partial charge in [0.05, 0.1) is 11.8 Å². The second-order valence-electron chi connectivity index (χ2n) is 6.43. The number of carbonyl (C=O) groups is 1. The van der Waals surface area contributed by atoms with E-state index in [0.29, 0.717) is 0 Å². The standard InChI is InChI=1S/C14H25NO3/c1-10(9-16)12(17)18-11-7-13(2,3)15(6)14(4,5)8-11/h9,11,16H,7-8H2,1-6H3. The van der Waals surface area contributed by atoms with Gasteiger partial charge in [0.15, 0.2) is 0 Å². The molecular formula is C14H25NO3. The topological polar surface area (TPSA) is 49.8 Å². The van der Waals surface area contributed by atoms with E-state index in [1.807, 2.05) is 0 Å². The summed E-state index contributed by atoms with van der Waals surface area (Å²) in [6, 6.07) is 0. The number of carbonyl (C=O) groups excluding carboxylic acids is 1. The lowest BCUT2D eigenvalue weighted by Crippen LogP contribution is -2.60. The van der Waals surface area contributed by atoms with Crippen molar-refractivity contribution in [2.75, 3.05) is 7.05 Å². The lowest BCUT2D eigenvalue weighted by Gasteiger charge is -2.53. The molecule has 1 N–H and O–H groups in total. The zero-order valence-electron chi connectivity index (χ0n) is 12.3. The summed E-state index contributed by atoms with van der Waals surface area (Å²) in [7, 11) is 2.11. The molecule has 0 atom stereocenters. The van der Waals surface area contributed by atoms with Crippen molar-refractivity contribution in [3.05, 3.63) is 11.8 Å². The van der Waals surface area contributed by atoms with Crippen LogP contribution in [-0.4, -0.2) is 40.2 Å². The predicted octanol–water partition coefficient (Wildman–Crippen LogP) is 2.64. The Morgan fingerprint density at radius 1 is 1.28 bits per heavy atom. The Balaban J connectivity index is 2.79. The molecule has 1 saturated heterocycles. The van der Waals surface area contributed by atoms with E-state index in [9.17, 15) is 4.79 Å². The first-order valence-corrected chi connectivity index (χ1v) is 6.36. The van der Waals surface area contributed by atoms with Crippen LogP contribution in [0.5, 0.6) is 0 Å². The third-order valence-electron chi connectivity index (χ3n) is 4.06. The van der Waals surface area contributed by atoms with Crippen LogP contribution in [0.25, 0.3) is 0 Å². The summed E-state index contributed by atoms with van der Waals surface area (Å²) in [5.74, 6) is -0.432. The van der Waals surface area contributed by atoms with E-state index >= 15 is 0 Å². The molecule has 0 spiro atoms. The van der Waals surface area contributed by atoms with E-state index in [-0.39, 0.29) is 22.8 Å². The Hall–Kier alpha value is -1.03. The summed E-state index contributed by atoms with van der Waals surface area (Å²) in [6.07, 6.45) is 2.30. The summed E-state index contributed by atoms with van der Waals surface area (Å²) in [5, 5.41) is 8.81. The summed E-state index contributed by atoms with van der Waals surface area (Å²) >= 11 is 0. The average molecular weight is 255 g/mol. The van der Waals surface area contributed by atoms with Crippen LogP contribution in [0.1, 0.15) is 47.5 Å². The number of hydrogen-bond donors (Lipinski definition) is 1. The fourth-order valence-electron chi connectivity index (χ4n) is 2.66. The van der Waals surface area contributed by atoms with Crippen LogP contribution in [0.2, 0.25) is 0 Å². The first-order chi connectivity index (χ1) is 8.10. The van der Waals surface area contributed by atoms with Crippen molar-refractivity contribution in [1.29, 1.82) is 0 Å². The van der Waals surface area contributed by atoms with Crippen molar-refractivity contribution in [2.45, 2.75) is 64.6 Å². The van der Waals surface area contributed by atoms with Gasteiger partial charge in [0.25, 0.3) is 0 Å². The van der Waals surface area contributed by atoms with Crippen LogP contribution in [-0.2, 0) is 9.53 Å². The summed E-state index contributed by atoms with van der Waals surface area (Å²) in [4.78, 5) is 14.0. The van der Waals surface area contributed by atoms with Gasteiger partial charge in [0.2, 0.25) is 0 Å². The molecule has 1 rings (SSSR count). The zero-order chi connectivity index (χ0) is 14.1. The van der Waals surface area contributed by atoms with Crippen molar-refractivity contribution >= 4 is 5.97 Å². The van der Waals surface area contributed by atoms with E-state index in [0.717, 1.165) is 19.1 Å². The number of nitrogens with zero attached hydrogens (tertiary/aromatic N) is 1. The molecule has 0 aromatic carbocycles. The van der Waals surface area contributed by atoms with Crippen LogP contribution in [0.4, 0.5) is 0 Å². The average Bonchev–Trinajstić information content (AvgIpc) is 2.23. The second-order valence-corrected chi connectivity index (χ2v) is 6.43. The molecular weight excluding hydrogens is 230 g/mol. The molecule has 0 aliphatic carbocycles. The summed E-state index contributed by atoms with van der Waals surface area (Å²) in [6.45, 7) is 10.2. The molecule has 0 amide bonds. The fourth-order valence-corrected chi connectivity index (χ4v) is 2.66. The summed E-state index contributed by atoms with van der Waals surface area (Å²) < 4.78 is 5.47. The minimum atomic E-state index is -0.432. The molecule has 1 aliphatic heterocycles. The molecule has 0 aromatic heterocycles. The van der Waals surface area contributed by atoms with Crippen LogP contribution in [0.3, 0.4) is 0 Å². The Morgan fingerprint density at radius 3 is 2.11 bits per heavy atom. The van der Waals surface area contributed by atoms with Gasteiger partial charge in [-0.1, -0.05) is 0 Å². The highest BCUT2D eigenvalue weighted by molar-refractivity contribution is 5.87. The number of rotatable bonds is 2. The molecule has 1 aliphatic rings. The molecule has 0 unspecified atom stereocenters. The lowest BCUT2D eigenvalue weighted by molar-refractivity contribution is -0.154. The van der Waals surface area contributed by atoms with Crippen molar-refractivity contribution < 1.29 is 14.6 Å². The maximum absolute atomic E-state index is 11.7. The molecule has 4 heteroatoms. The number of piperidine rings is 1. The van der Waals surface area contributed by atoms with Crippen molar-refractivity contribution in [3.63, 3.8) is 0 Å². The lowest BCUT2D eigenvalue weighted by atomic mass is 9.79. The first kappa shape index (κ1) is 15.0. The highest BCUT2D eigenvalue weighted by Gasteiger charge is 2.44. The van der Waals surface area contributed by atoms with Crippen LogP contribution in [0, 0.1) is 0 Å². The molecule has 0 saturated carbocycles. The molecule has 104 valence electrons. The predicted molar refractivity (Wildman–Crippen MR) is 71.4 cm³/mol. The SMILES string of the molecule is CC(=CO)C(=O)OC1CC(C)(C)N(C)C(C)(C)C1. The number of aliphatic hydroxyl groups excluding tert-OH is 1. The molecule has 0 aromatic rings. The third-order valence-corrected chi connectivity index (χ3v) is 4.06. The van der Waals surface area contributed by atoms with Gasteiger partial charge in [-0.2, -0.15) is 0 Å². The van der Waals surface area contributed by atoms with Gasteiger partial charge in [-0.25, -0.2) is 4.79 Å². The zero-order valence-corrected chi connectivity index (χ0v) is 12.3. The van der Waals surface area contributed by atoms with Crippen molar-refractivity contribution in [2.24, 2.45) is 0 Å². The molecule has 18 heavy (non-hydrogen) atoms.